The highest BCUT2D eigenvalue weighted by Gasteiger charge is 2.11. The Morgan fingerprint density at radius 1 is 1.53 bits per heavy atom. The van der Waals surface area contributed by atoms with Crippen LogP contribution >= 0.6 is 0 Å². The first-order chi connectivity index (χ1) is 7.25. The third-order valence-corrected chi connectivity index (χ3v) is 2.23. The summed E-state index contributed by atoms with van der Waals surface area (Å²) in [6, 6.07) is 1.66. The molecule has 0 spiro atoms. The number of aromatic nitrogens is 2. The van der Waals surface area contributed by atoms with E-state index in [1.807, 2.05) is 0 Å². The number of carbonyl (C=O) groups excluding carboxylic acids is 1. The number of hydrogen-bond donors (Lipinski definition) is 2. The van der Waals surface area contributed by atoms with Crippen LogP contribution in [0, 0.1) is 0 Å². The van der Waals surface area contributed by atoms with Crippen LogP contribution in [0.2, 0.25) is 0 Å². The van der Waals surface area contributed by atoms with Gasteiger partial charge in [-0.1, -0.05) is 0 Å². The van der Waals surface area contributed by atoms with Gasteiger partial charge in [0.2, 0.25) is 0 Å². The summed E-state index contributed by atoms with van der Waals surface area (Å²) in [6.45, 7) is 0.927. The van der Waals surface area contributed by atoms with E-state index in [4.69, 9.17) is 5.11 Å². The van der Waals surface area contributed by atoms with Gasteiger partial charge in [-0.3, -0.25) is 9.89 Å². The number of amides is 1. The van der Waals surface area contributed by atoms with Crippen molar-refractivity contribution in [3.63, 3.8) is 0 Å². The van der Waals surface area contributed by atoms with E-state index >= 15 is 0 Å². The number of hydrogen-bond acceptors (Lipinski definition) is 3. The molecule has 0 radical (unpaired) electrons. The minimum Gasteiger partial charge on any atom is -0.396 e. The van der Waals surface area contributed by atoms with E-state index in [2.05, 4.69) is 10.2 Å². The maximum absolute atomic E-state index is 11.7. The van der Waals surface area contributed by atoms with E-state index in [1.165, 1.54) is 0 Å². The van der Waals surface area contributed by atoms with Crippen molar-refractivity contribution in [2.24, 2.45) is 0 Å². The van der Waals surface area contributed by atoms with Gasteiger partial charge >= 0.3 is 0 Å². The third-order valence-electron chi connectivity index (χ3n) is 2.23. The summed E-state index contributed by atoms with van der Waals surface area (Å²) < 4.78 is 0. The number of nitrogens with one attached hydrogen (secondary N) is 1. The molecule has 5 nitrogen and oxygen atoms in total. The SMILES string of the molecule is CN(CCCCCO)C(=O)c1ccn[nH]1. The molecule has 0 unspecified atom stereocenters. The van der Waals surface area contributed by atoms with E-state index in [0.29, 0.717) is 12.2 Å². The first-order valence-electron chi connectivity index (χ1n) is 5.11. The van der Waals surface area contributed by atoms with Crippen molar-refractivity contribution >= 4 is 5.91 Å². The van der Waals surface area contributed by atoms with Gasteiger partial charge in [0, 0.05) is 26.4 Å². The Morgan fingerprint density at radius 2 is 2.33 bits per heavy atom. The smallest absolute Gasteiger partial charge is 0.271 e. The fourth-order valence-electron chi connectivity index (χ4n) is 1.32. The molecule has 0 saturated carbocycles. The van der Waals surface area contributed by atoms with Crippen molar-refractivity contribution in [2.75, 3.05) is 20.2 Å². The molecular formula is C10H17N3O2. The van der Waals surface area contributed by atoms with Crippen LogP contribution in [0.5, 0.6) is 0 Å². The number of H-pyrrole nitrogens is 1. The molecule has 1 aromatic heterocycles. The molecular weight excluding hydrogens is 194 g/mol. The maximum Gasteiger partial charge on any atom is 0.271 e. The summed E-state index contributed by atoms with van der Waals surface area (Å²) in [5.74, 6) is -0.0449. The summed E-state index contributed by atoms with van der Waals surface area (Å²) in [5.41, 5.74) is 0.514. The number of nitrogens with zero attached hydrogens (tertiary/aromatic N) is 2. The number of aromatic amines is 1. The highest BCUT2D eigenvalue weighted by atomic mass is 16.2. The molecule has 2 N–H and O–H groups in total. The van der Waals surface area contributed by atoms with Crippen molar-refractivity contribution in [1.82, 2.24) is 15.1 Å². The predicted molar refractivity (Wildman–Crippen MR) is 56.5 cm³/mol. The van der Waals surface area contributed by atoms with Crippen LogP contribution in [0.3, 0.4) is 0 Å². The van der Waals surface area contributed by atoms with Crippen LogP contribution in [0.15, 0.2) is 12.3 Å². The zero-order chi connectivity index (χ0) is 11.1. The van der Waals surface area contributed by atoms with Crippen molar-refractivity contribution in [3.05, 3.63) is 18.0 Å². The van der Waals surface area contributed by atoms with Gasteiger partial charge in [-0.25, -0.2) is 0 Å². The number of rotatable bonds is 6. The Hall–Kier alpha value is -1.36. The van der Waals surface area contributed by atoms with Crippen LogP contribution in [-0.4, -0.2) is 46.3 Å². The van der Waals surface area contributed by atoms with Crippen molar-refractivity contribution in [2.45, 2.75) is 19.3 Å². The van der Waals surface area contributed by atoms with E-state index < -0.39 is 0 Å². The number of aliphatic hydroxyl groups excluding tert-OH is 1. The second-order valence-corrected chi connectivity index (χ2v) is 3.48. The Balaban J connectivity index is 2.28. The molecule has 1 amide bonds. The lowest BCUT2D eigenvalue weighted by atomic mass is 10.2. The second kappa shape index (κ2) is 6.19. The molecule has 0 fully saturated rings. The lowest BCUT2D eigenvalue weighted by Gasteiger charge is -2.15. The molecule has 0 aliphatic rings. The minimum absolute atomic E-state index is 0.0449. The molecule has 0 bridgehead atoms. The lowest BCUT2D eigenvalue weighted by molar-refractivity contribution is 0.0786. The lowest BCUT2D eigenvalue weighted by Crippen LogP contribution is -2.28. The van der Waals surface area contributed by atoms with E-state index in [1.54, 1.807) is 24.2 Å². The Kier molecular flexibility index (Phi) is 4.83. The predicted octanol–water partition coefficient (Wildman–Crippen LogP) is 0.644. The molecule has 0 saturated heterocycles. The van der Waals surface area contributed by atoms with Gasteiger partial charge in [0.15, 0.2) is 0 Å². The second-order valence-electron chi connectivity index (χ2n) is 3.48. The first kappa shape index (κ1) is 11.7. The summed E-state index contributed by atoms with van der Waals surface area (Å²) in [5, 5.41) is 15.0. The molecule has 1 heterocycles. The quantitative estimate of drug-likeness (QED) is 0.678. The van der Waals surface area contributed by atoms with E-state index in [0.717, 1.165) is 19.3 Å². The van der Waals surface area contributed by atoms with Crippen molar-refractivity contribution < 1.29 is 9.90 Å². The number of carbonyl (C=O) groups is 1. The van der Waals surface area contributed by atoms with Gasteiger partial charge in [0.25, 0.3) is 5.91 Å². The molecule has 1 aromatic rings. The molecule has 5 heteroatoms. The summed E-state index contributed by atoms with van der Waals surface area (Å²) >= 11 is 0. The zero-order valence-corrected chi connectivity index (χ0v) is 8.94. The third kappa shape index (κ3) is 3.71. The Labute approximate surface area is 89.1 Å². The van der Waals surface area contributed by atoms with Crippen LogP contribution in [0.1, 0.15) is 29.8 Å². The van der Waals surface area contributed by atoms with Crippen LogP contribution < -0.4 is 0 Å². The van der Waals surface area contributed by atoms with Gasteiger partial charge in [-0.2, -0.15) is 5.10 Å². The largest absolute Gasteiger partial charge is 0.396 e. The van der Waals surface area contributed by atoms with E-state index in [-0.39, 0.29) is 12.5 Å². The summed E-state index contributed by atoms with van der Waals surface area (Å²) in [4.78, 5) is 13.3. The van der Waals surface area contributed by atoms with Crippen LogP contribution in [0.25, 0.3) is 0 Å². The van der Waals surface area contributed by atoms with Gasteiger partial charge < -0.3 is 10.0 Å². The Morgan fingerprint density at radius 3 is 2.93 bits per heavy atom. The summed E-state index contributed by atoms with van der Waals surface area (Å²) in [7, 11) is 1.77. The van der Waals surface area contributed by atoms with Crippen molar-refractivity contribution in [1.29, 1.82) is 0 Å². The molecule has 1 rings (SSSR count). The summed E-state index contributed by atoms with van der Waals surface area (Å²) in [6.07, 6.45) is 4.22. The van der Waals surface area contributed by atoms with Gasteiger partial charge in [-0.05, 0) is 25.3 Å². The molecule has 0 aliphatic heterocycles. The Bertz CT molecular complexity index is 285. The molecule has 0 atom stereocenters. The molecule has 0 aromatic carbocycles. The van der Waals surface area contributed by atoms with E-state index in [9.17, 15) is 4.79 Å². The highest BCUT2D eigenvalue weighted by molar-refractivity contribution is 5.91. The van der Waals surface area contributed by atoms with Crippen molar-refractivity contribution in [3.8, 4) is 0 Å². The number of aliphatic hydroxyl groups is 1. The normalized spacial score (nSPS) is 10.3. The average molecular weight is 211 g/mol. The van der Waals surface area contributed by atoms with Gasteiger partial charge in [0.1, 0.15) is 5.69 Å². The monoisotopic (exact) mass is 211 g/mol. The van der Waals surface area contributed by atoms with Gasteiger partial charge in [-0.15, -0.1) is 0 Å². The molecule has 84 valence electrons. The number of unbranched alkanes of at least 4 members (excludes halogenated alkanes) is 2. The zero-order valence-electron chi connectivity index (χ0n) is 8.94. The van der Waals surface area contributed by atoms with Crippen LogP contribution in [-0.2, 0) is 0 Å². The fraction of sp³-hybridized carbons (Fsp3) is 0.600. The molecule has 0 aliphatic carbocycles. The standard InChI is InChI=1S/C10H17N3O2/c1-13(7-3-2-4-8-14)10(15)9-5-6-11-12-9/h5-6,14H,2-4,7-8H2,1H3,(H,11,12). The van der Waals surface area contributed by atoms with Gasteiger partial charge in [0.05, 0.1) is 0 Å². The minimum atomic E-state index is -0.0449. The topological polar surface area (TPSA) is 69.2 Å². The average Bonchev–Trinajstić information content (AvgIpc) is 2.76. The first-order valence-corrected chi connectivity index (χ1v) is 5.11. The maximum atomic E-state index is 11.7. The van der Waals surface area contributed by atoms with Crippen LogP contribution in [0.4, 0.5) is 0 Å². The fourth-order valence-corrected chi connectivity index (χ4v) is 1.32. The molecule has 15 heavy (non-hydrogen) atoms. The highest BCUT2D eigenvalue weighted by Crippen LogP contribution is 2.01.